The average Bonchev–Trinajstić information content (AvgIpc) is 3.33. The number of nitrogens with zero attached hydrogens (tertiary/aromatic N) is 5. The van der Waals surface area contributed by atoms with E-state index in [0.29, 0.717) is 0 Å². The van der Waals surface area contributed by atoms with Crippen molar-refractivity contribution in [1.29, 1.82) is 0 Å². The third kappa shape index (κ3) is 5.19. The Morgan fingerprint density at radius 2 is 1.72 bits per heavy atom. The van der Waals surface area contributed by atoms with Crippen LogP contribution in [0.3, 0.4) is 0 Å². The second-order valence-electron chi connectivity index (χ2n) is 8.77. The number of hydrogen-bond donors (Lipinski definition) is 1. The van der Waals surface area contributed by atoms with Gasteiger partial charge in [-0.15, -0.1) is 0 Å². The number of carboxylic acid groups (broad SMARTS) is 1. The number of methoxy groups -OCH3 is 1. The second kappa shape index (κ2) is 10.6. The van der Waals surface area contributed by atoms with E-state index in [9.17, 15) is 27.2 Å². The van der Waals surface area contributed by atoms with Gasteiger partial charge in [0.1, 0.15) is 17.3 Å². The predicted molar refractivity (Wildman–Crippen MR) is 133 cm³/mol. The summed E-state index contributed by atoms with van der Waals surface area (Å²) < 4.78 is 63.2. The predicted octanol–water partition coefficient (Wildman–Crippen LogP) is 4.66. The number of amides is 1. The highest BCUT2D eigenvalue weighted by molar-refractivity contribution is 5.94. The monoisotopic (exact) mass is 545 g/mol. The van der Waals surface area contributed by atoms with Crippen LogP contribution in [0.2, 0.25) is 0 Å². The largest absolute Gasteiger partial charge is 0.494 e. The molecule has 2 heterocycles. The molecule has 1 amide bonds. The molecule has 0 fully saturated rings. The maximum Gasteiger partial charge on any atom is 0.305 e. The van der Waals surface area contributed by atoms with Crippen molar-refractivity contribution in [2.75, 3.05) is 26.1 Å². The van der Waals surface area contributed by atoms with Gasteiger partial charge in [-0.25, -0.2) is 22.5 Å². The number of halogens is 4. The van der Waals surface area contributed by atoms with Crippen LogP contribution in [0.25, 0.3) is 16.9 Å². The van der Waals surface area contributed by atoms with E-state index in [1.165, 1.54) is 65.9 Å². The lowest BCUT2D eigenvalue weighted by molar-refractivity contribution is -0.137. The number of para-hydroxylation sites is 1. The molecular weight excluding hydrogens is 522 g/mol. The summed E-state index contributed by atoms with van der Waals surface area (Å²) in [7, 11) is 4.25. The Labute approximate surface area is 219 Å². The van der Waals surface area contributed by atoms with Crippen molar-refractivity contribution in [3.8, 4) is 17.0 Å². The molecule has 0 bridgehead atoms. The first-order valence-corrected chi connectivity index (χ1v) is 11.5. The summed E-state index contributed by atoms with van der Waals surface area (Å²) in [5.74, 6) is -6.61. The van der Waals surface area contributed by atoms with E-state index in [1.807, 2.05) is 0 Å². The SMILES string of the molecule is COc1cccc(F)c1N(C)c1cc(-c2cc(F)c(F)c(F)c2)nc2cc(C(=O)N(C)[C@H](C)CC(=O)O)nn12. The Hall–Kier alpha value is -4.68. The molecule has 0 spiro atoms. The Morgan fingerprint density at radius 1 is 1.05 bits per heavy atom. The van der Waals surface area contributed by atoms with Crippen LogP contribution in [0.15, 0.2) is 42.5 Å². The summed E-state index contributed by atoms with van der Waals surface area (Å²) in [5.41, 5.74) is -0.233. The van der Waals surface area contributed by atoms with Crippen molar-refractivity contribution in [2.45, 2.75) is 19.4 Å². The molecular formula is C26H23F4N5O4. The minimum Gasteiger partial charge on any atom is -0.494 e. The summed E-state index contributed by atoms with van der Waals surface area (Å²) in [6.07, 6.45) is -0.305. The number of rotatable bonds is 8. The third-order valence-corrected chi connectivity index (χ3v) is 6.21. The number of fused-ring (bicyclic) bond motifs is 1. The molecule has 1 N–H and O–H groups in total. The first-order valence-electron chi connectivity index (χ1n) is 11.5. The van der Waals surface area contributed by atoms with E-state index >= 15 is 0 Å². The fourth-order valence-corrected chi connectivity index (χ4v) is 4.02. The van der Waals surface area contributed by atoms with Gasteiger partial charge in [0.15, 0.2) is 34.6 Å². The maximum absolute atomic E-state index is 15.0. The lowest BCUT2D eigenvalue weighted by Crippen LogP contribution is -2.36. The number of hydrogen-bond acceptors (Lipinski definition) is 6. The lowest BCUT2D eigenvalue weighted by Gasteiger charge is -2.23. The highest BCUT2D eigenvalue weighted by Crippen LogP contribution is 2.36. The van der Waals surface area contributed by atoms with Gasteiger partial charge in [0.2, 0.25) is 0 Å². The number of benzene rings is 2. The Bertz CT molecular complexity index is 1570. The van der Waals surface area contributed by atoms with Gasteiger partial charge in [0.05, 0.1) is 19.2 Å². The third-order valence-electron chi connectivity index (χ3n) is 6.21. The normalized spacial score (nSPS) is 11.9. The average molecular weight is 545 g/mol. The molecule has 2 aromatic carbocycles. The van der Waals surface area contributed by atoms with Gasteiger partial charge < -0.3 is 19.6 Å². The molecule has 204 valence electrons. The molecule has 0 unspecified atom stereocenters. The van der Waals surface area contributed by atoms with Crippen LogP contribution in [-0.4, -0.2) is 63.7 Å². The minimum atomic E-state index is -1.65. The Kier molecular flexibility index (Phi) is 7.43. The maximum atomic E-state index is 15.0. The molecule has 4 aromatic rings. The summed E-state index contributed by atoms with van der Waals surface area (Å²) in [6.45, 7) is 1.56. The van der Waals surface area contributed by atoms with Crippen molar-refractivity contribution in [3.05, 3.63) is 71.4 Å². The quantitative estimate of drug-likeness (QED) is 0.254. The summed E-state index contributed by atoms with van der Waals surface area (Å²) in [5, 5.41) is 13.4. The molecule has 0 radical (unpaired) electrons. The lowest BCUT2D eigenvalue weighted by atomic mass is 10.1. The number of ether oxygens (including phenoxy) is 1. The molecule has 0 aliphatic heterocycles. The van der Waals surface area contributed by atoms with Crippen LogP contribution in [0.4, 0.5) is 29.1 Å². The van der Waals surface area contributed by atoms with E-state index in [-0.39, 0.29) is 46.3 Å². The highest BCUT2D eigenvalue weighted by atomic mass is 19.2. The number of carboxylic acids is 1. The van der Waals surface area contributed by atoms with E-state index < -0.39 is 41.2 Å². The van der Waals surface area contributed by atoms with E-state index in [2.05, 4.69) is 10.1 Å². The molecule has 1 atom stereocenters. The van der Waals surface area contributed by atoms with E-state index in [1.54, 1.807) is 6.92 Å². The van der Waals surface area contributed by atoms with Crippen LogP contribution < -0.4 is 9.64 Å². The van der Waals surface area contributed by atoms with Crippen molar-refractivity contribution >= 4 is 29.0 Å². The molecule has 2 aromatic heterocycles. The summed E-state index contributed by atoms with van der Waals surface area (Å²) >= 11 is 0. The summed E-state index contributed by atoms with van der Waals surface area (Å²) in [4.78, 5) is 31.1. The fourth-order valence-electron chi connectivity index (χ4n) is 4.02. The van der Waals surface area contributed by atoms with Gasteiger partial charge >= 0.3 is 5.97 Å². The van der Waals surface area contributed by atoms with Crippen molar-refractivity contribution in [1.82, 2.24) is 19.5 Å². The smallest absolute Gasteiger partial charge is 0.305 e. The van der Waals surface area contributed by atoms with Gasteiger partial charge in [-0.3, -0.25) is 9.59 Å². The zero-order valence-electron chi connectivity index (χ0n) is 21.2. The van der Waals surface area contributed by atoms with Gasteiger partial charge in [0.25, 0.3) is 5.91 Å². The van der Waals surface area contributed by atoms with Crippen molar-refractivity contribution in [2.24, 2.45) is 0 Å². The van der Waals surface area contributed by atoms with Crippen molar-refractivity contribution in [3.63, 3.8) is 0 Å². The Balaban J connectivity index is 1.92. The van der Waals surface area contributed by atoms with E-state index in [0.717, 1.165) is 12.1 Å². The van der Waals surface area contributed by atoms with Gasteiger partial charge in [-0.2, -0.15) is 9.61 Å². The van der Waals surface area contributed by atoms with Crippen LogP contribution in [0, 0.1) is 23.3 Å². The first-order chi connectivity index (χ1) is 18.4. The molecule has 0 aliphatic carbocycles. The molecule has 39 heavy (non-hydrogen) atoms. The molecule has 9 nitrogen and oxygen atoms in total. The zero-order chi connectivity index (χ0) is 28.6. The van der Waals surface area contributed by atoms with Crippen molar-refractivity contribution < 1.29 is 37.0 Å². The van der Waals surface area contributed by atoms with Gasteiger partial charge in [-0.1, -0.05) is 6.07 Å². The molecule has 0 saturated carbocycles. The number of carbonyl (C=O) groups is 2. The fraction of sp³-hybridized carbons (Fsp3) is 0.231. The number of anilines is 2. The molecule has 0 aliphatic rings. The number of aromatic nitrogens is 3. The van der Waals surface area contributed by atoms with E-state index in [4.69, 9.17) is 9.84 Å². The number of carbonyl (C=O) groups excluding carboxylic acids is 1. The van der Waals surface area contributed by atoms with Crippen LogP contribution in [0.5, 0.6) is 5.75 Å². The zero-order valence-corrected chi connectivity index (χ0v) is 21.2. The molecule has 0 saturated heterocycles. The van der Waals surface area contributed by atoms with Crippen LogP contribution in [-0.2, 0) is 4.79 Å². The topological polar surface area (TPSA) is 100 Å². The highest BCUT2D eigenvalue weighted by Gasteiger charge is 2.25. The first kappa shape index (κ1) is 27.4. The van der Waals surface area contributed by atoms with Crippen LogP contribution >= 0.6 is 0 Å². The molecule has 13 heteroatoms. The second-order valence-corrected chi connectivity index (χ2v) is 8.77. The molecule has 4 rings (SSSR count). The van der Waals surface area contributed by atoms with Gasteiger partial charge in [0, 0.05) is 37.8 Å². The number of aliphatic carboxylic acids is 1. The Morgan fingerprint density at radius 3 is 2.33 bits per heavy atom. The summed E-state index contributed by atoms with van der Waals surface area (Å²) in [6, 6.07) is 7.65. The minimum absolute atomic E-state index is 0.00880. The van der Waals surface area contributed by atoms with Gasteiger partial charge in [-0.05, 0) is 31.2 Å². The van der Waals surface area contributed by atoms with Crippen LogP contribution in [0.1, 0.15) is 23.8 Å². The standard InChI is InChI=1S/C26H23F4N5O4/c1-13(8-23(36)37)33(2)26(38)19-11-21-31-18(14-9-16(28)24(30)17(29)10-14)12-22(35(21)32-19)34(3)25-15(27)6-5-7-20(25)39-4/h5-7,9-13H,8H2,1-4H3,(H,36,37)/t13-/m1/s1.